The van der Waals surface area contributed by atoms with E-state index in [0.29, 0.717) is 11.5 Å². The standard InChI is InChI=1S/C13H12ClNO/c1-8(2)9-3-4-12-10(5-9)6-11(7-16)13(14)15-12/h3-8H,1-2H3. The smallest absolute Gasteiger partial charge is 0.153 e. The Balaban J connectivity index is 2.68. The van der Waals surface area contributed by atoms with Gasteiger partial charge < -0.3 is 0 Å². The van der Waals surface area contributed by atoms with Crippen molar-refractivity contribution < 1.29 is 4.79 Å². The number of carbonyl (C=O) groups is 1. The van der Waals surface area contributed by atoms with E-state index in [-0.39, 0.29) is 5.15 Å². The second kappa shape index (κ2) is 4.22. The van der Waals surface area contributed by atoms with Crippen LogP contribution in [0.2, 0.25) is 5.15 Å². The molecule has 0 spiro atoms. The summed E-state index contributed by atoms with van der Waals surface area (Å²) in [7, 11) is 0. The molecular formula is C13H12ClNO. The van der Waals surface area contributed by atoms with Crippen LogP contribution >= 0.6 is 11.6 Å². The Morgan fingerprint density at radius 3 is 2.69 bits per heavy atom. The molecule has 82 valence electrons. The number of rotatable bonds is 2. The highest BCUT2D eigenvalue weighted by Crippen LogP contribution is 2.23. The summed E-state index contributed by atoms with van der Waals surface area (Å²) in [5.41, 5.74) is 2.49. The molecule has 0 amide bonds. The van der Waals surface area contributed by atoms with Crippen molar-refractivity contribution in [2.45, 2.75) is 19.8 Å². The van der Waals surface area contributed by atoms with Gasteiger partial charge in [0.05, 0.1) is 11.1 Å². The van der Waals surface area contributed by atoms with Gasteiger partial charge in [0.25, 0.3) is 0 Å². The minimum absolute atomic E-state index is 0.264. The number of benzene rings is 1. The van der Waals surface area contributed by atoms with Crippen LogP contribution in [0.3, 0.4) is 0 Å². The quantitative estimate of drug-likeness (QED) is 0.583. The van der Waals surface area contributed by atoms with Crippen molar-refractivity contribution in [3.63, 3.8) is 0 Å². The third-order valence-corrected chi connectivity index (χ3v) is 2.92. The molecular weight excluding hydrogens is 222 g/mol. The third-order valence-electron chi connectivity index (χ3n) is 2.61. The summed E-state index contributed by atoms with van der Waals surface area (Å²) in [6, 6.07) is 7.81. The Hall–Kier alpha value is -1.41. The van der Waals surface area contributed by atoms with Gasteiger partial charge in [0.1, 0.15) is 5.15 Å². The van der Waals surface area contributed by atoms with E-state index in [9.17, 15) is 4.79 Å². The first kappa shape index (κ1) is 11.1. The summed E-state index contributed by atoms with van der Waals surface area (Å²) in [6.07, 6.45) is 0.733. The summed E-state index contributed by atoms with van der Waals surface area (Å²) in [5, 5.41) is 1.22. The van der Waals surface area contributed by atoms with E-state index in [1.807, 2.05) is 12.1 Å². The van der Waals surface area contributed by atoms with E-state index in [1.54, 1.807) is 6.07 Å². The van der Waals surface area contributed by atoms with Gasteiger partial charge in [0, 0.05) is 5.39 Å². The molecule has 2 nitrogen and oxygen atoms in total. The summed E-state index contributed by atoms with van der Waals surface area (Å²) in [4.78, 5) is 14.9. The van der Waals surface area contributed by atoms with Gasteiger partial charge in [-0.1, -0.05) is 31.5 Å². The molecule has 0 radical (unpaired) electrons. The molecule has 16 heavy (non-hydrogen) atoms. The average molecular weight is 234 g/mol. The molecule has 0 unspecified atom stereocenters. The van der Waals surface area contributed by atoms with Gasteiger partial charge in [-0.3, -0.25) is 4.79 Å². The highest BCUT2D eigenvalue weighted by atomic mass is 35.5. The molecule has 0 N–H and O–H groups in total. The number of fused-ring (bicyclic) bond motifs is 1. The number of aromatic nitrogens is 1. The van der Waals surface area contributed by atoms with Crippen molar-refractivity contribution >= 4 is 28.8 Å². The van der Waals surface area contributed by atoms with Gasteiger partial charge in [-0.2, -0.15) is 0 Å². The number of carbonyl (C=O) groups excluding carboxylic acids is 1. The molecule has 0 saturated heterocycles. The van der Waals surface area contributed by atoms with Crippen molar-refractivity contribution in [3.8, 4) is 0 Å². The Labute approximate surface area is 99.3 Å². The highest BCUT2D eigenvalue weighted by Gasteiger charge is 2.06. The van der Waals surface area contributed by atoms with Gasteiger partial charge in [-0.25, -0.2) is 4.98 Å². The Kier molecular flexibility index (Phi) is 2.92. The van der Waals surface area contributed by atoms with Crippen molar-refractivity contribution in [3.05, 3.63) is 40.5 Å². The van der Waals surface area contributed by atoms with Gasteiger partial charge in [-0.15, -0.1) is 0 Å². The molecule has 0 fully saturated rings. The van der Waals surface area contributed by atoms with Crippen molar-refractivity contribution in [2.75, 3.05) is 0 Å². The molecule has 0 saturated carbocycles. The minimum atomic E-state index is 0.264. The molecule has 0 aliphatic carbocycles. The predicted molar refractivity (Wildman–Crippen MR) is 66.2 cm³/mol. The average Bonchev–Trinajstić information content (AvgIpc) is 2.27. The van der Waals surface area contributed by atoms with Crippen LogP contribution in [0.4, 0.5) is 0 Å². The van der Waals surface area contributed by atoms with Crippen LogP contribution in [0.25, 0.3) is 10.9 Å². The molecule has 1 aromatic carbocycles. The topological polar surface area (TPSA) is 30.0 Å². The molecule has 1 aromatic heterocycles. The van der Waals surface area contributed by atoms with Gasteiger partial charge in [-0.05, 0) is 29.7 Å². The fourth-order valence-corrected chi connectivity index (χ4v) is 1.82. The van der Waals surface area contributed by atoms with E-state index in [2.05, 4.69) is 24.9 Å². The predicted octanol–water partition coefficient (Wildman–Crippen LogP) is 3.82. The molecule has 2 rings (SSSR count). The third kappa shape index (κ3) is 1.93. The number of hydrogen-bond acceptors (Lipinski definition) is 2. The van der Waals surface area contributed by atoms with E-state index in [4.69, 9.17) is 11.6 Å². The first-order valence-corrected chi connectivity index (χ1v) is 5.55. The van der Waals surface area contributed by atoms with Crippen LogP contribution in [-0.2, 0) is 0 Å². The van der Waals surface area contributed by atoms with Crippen LogP contribution in [-0.4, -0.2) is 11.3 Å². The molecule has 0 aliphatic heterocycles. The van der Waals surface area contributed by atoms with E-state index in [0.717, 1.165) is 17.2 Å². The number of pyridine rings is 1. The fraction of sp³-hybridized carbons (Fsp3) is 0.231. The monoisotopic (exact) mass is 233 g/mol. The lowest BCUT2D eigenvalue weighted by atomic mass is 10.0. The second-order valence-corrected chi connectivity index (χ2v) is 4.45. The maximum atomic E-state index is 10.8. The number of nitrogens with zero attached hydrogens (tertiary/aromatic N) is 1. The molecule has 3 heteroatoms. The van der Waals surface area contributed by atoms with Crippen molar-refractivity contribution in [2.24, 2.45) is 0 Å². The molecule has 0 bridgehead atoms. The molecule has 0 atom stereocenters. The van der Waals surface area contributed by atoms with Gasteiger partial charge in [0.2, 0.25) is 0 Å². The first-order chi connectivity index (χ1) is 7.61. The normalized spacial score (nSPS) is 11.0. The lowest BCUT2D eigenvalue weighted by molar-refractivity contribution is 0.112. The summed E-state index contributed by atoms with van der Waals surface area (Å²) < 4.78 is 0. The lowest BCUT2D eigenvalue weighted by Gasteiger charge is -2.07. The van der Waals surface area contributed by atoms with Crippen LogP contribution in [0.1, 0.15) is 35.7 Å². The zero-order valence-electron chi connectivity index (χ0n) is 9.20. The largest absolute Gasteiger partial charge is 0.298 e. The zero-order chi connectivity index (χ0) is 11.7. The van der Waals surface area contributed by atoms with Crippen molar-refractivity contribution in [1.29, 1.82) is 0 Å². The second-order valence-electron chi connectivity index (χ2n) is 4.09. The van der Waals surface area contributed by atoms with Crippen LogP contribution in [0.5, 0.6) is 0 Å². The maximum Gasteiger partial charge on any atom is 0.153 e. The Bertz CT molecular complexity index is 549. The number of halogens is 1. The molecule has 1 heterocycles. The summed E-state index contributed by atoms with van der Waals surface area (Å²) in [5.74, 6) is 0.458. The Morgan fingerprint density at radius 1 is 1.31 bits per heavy atom. The maximum absolute atomic E-state index is 10.8. The lowest BCUT2D eigenvalue weighted by Crippen LogP contribution is -1.91. The van der Waals surface area contributed by atoms with E-state index >= 15 is 0 Å². The number of hydrogen-bond donors (Lipinski definition) is 0. The summed E-state index contributed by atoms with van der Waals surface area (Å²) >= 11 is 5.86. The van der Waals surface area contributed by atoms with Gasteiger partial charge in [0.15, 0.2) is 6.29 Å². The SMILES string of the molecule is CC(C)c1ccc2nc(Cl)c(C=O)cc2c1. The first-order valence-electron chi connectivity index (χ1n) is 5.17. The van der Waals surface area contributed by atoms with Crippen LogP contribution in [0, 0.1) is 0 Å². The minimum Gasteiger partial charge on any atom is -0.298 e. The Morgan fingerprint density at radius 2 is 2.06 bits per heavy atom. The van der Waals surface area contributed by atoms with E-state index in [1.165, 1.54) is 5.56 Å². The van der Waals surface area contributed by atoms with Crippen LogP contribution in [0.15, 0.2) is 24.3 Å². The van der Waals surface area contributed by atoms with Crippen LogP contribution < -0.4 is 0 Å². The summed E-state index contributed by atoms with van der Waals surface area (Å²) in [6.45, 7) is 4.26. The van der Waals surface area contributed by atoms with E-state index < -0.39 is 0 Å². The van der Waals surface area contributed by atoms with Crippen molar-refractivity contribution in [1.82, 2.24) is 4.98 Å². The fourth-order valence-electron chi connectivity index (χ4n) is 1.63. The van der Waals surface area contributed by atoms with Gasteiger partial charge >= 0.3 is 0 Å². The highest BCUT2D eigenvalue weighted by molar-refractivity contribution is 6.32. The number of aldehydes is 1. The molecule has 0 aliphatic rings. The molecule has 2 aromatic rings. The zero-order valence-corrected chi connectivity index (χ0v) is 9.95.